The first-order valence-corrected chi connectivity index (χ1v) is 12.0. The zero-order valence-electron chi connectivity index (χ0n) is 15.5. The Kier molecular flexibility index (Phi) is 4.42. The van der Waals surface area contributed by atoms with Gasteiger partial charge in [-0.05, 0) is 32.3 Å². The lowest BCUT2D eigenvalue weighted by molar-refractivity contribution is 0.478. The number of rotatable bonds is 4. The maximum Gasteiger partial charge on any atom is 0.232 e. The molecule has 2 N–H and O–H groups in total. The molecule has 144 valence electrons. The molecule has 0 unspecified atom stereocenters. The molecule has 9 heteroatoms. The molecule has 4 aromatic heterocycles. The van der Waals surface area contributed by atoms with E-state index in [1.165, 1.54) is 11.3 Å². The number of nitrogen functional groups attached to an aromatic ring is 1. The molecule has 28 heavy (non-hydrogen) atoms. The number of thiophene rings is 1. The average Bonchev–Trinajstić information content (AvgIpc) is 3.34. The number of aromatic nitrogens is 4. The van der Waals surface area contributed by atoms with Gasteiger partial charge in [-0.2, -0.15) is 0 Å². The predicted octanol–water partition coefficient (Wildman–Crippen LogP) is 4.37. The molecule has 1 saturated carbocycles. The molecular formula is C19H19N5OS3. The highest BCUT2D eigenvalue weighted by Crippen LogP contribution is 2.45. The van der Waals surface area contributed by atoms with Crippen LogP contribution in [0, 0.1) is 6.92 Å². The van der Waals surface area contributed by atoms with E-state index in [1.807, 2.05) is 36.2 Å². The normalized spacial score (nSPS) is 15.8. The maximum atomic E-state index is 13.0. The van der Waals surface area contributed by atoms with Crippen molar-refractivity contribution in [2.75, 3.05) is 5.73 Å². The van der Waals surface area contributed by atoms with Crippen LogP contribution in [0.4, 0.5) is 5.69 Å². The molecule has 1 atom stereocenters. The quantitative estimate of drug-likeness (QED) is 0.486. The number of fused-ring (bicyclic) bond motifs is 1. The summed E-state index contributed by atoms with van der Waals surface area (Å²) in [5.41, 5.74) is 9.88. The highest BCUT2D eigenvalue weighted by molar-refractivity contribution is 7.94. The first-order chi connectivity index (χ1) is 13.5. The van der Waals surface area contributed by atoms with E-state index in [4.69, 9.17) is 10.7 Å². The van der Waals surface area contributed by atoms with Gasteiger partial charge in [-0.15, -0.1) is 11.3 Å². The third-order valence-electron chi connectivity index (χ3n) is 5.35. The molecule has 6 nitrogen and oxygen atoms in total. The molecule has 0 bridgehead atoms. The second kappa shape index (κ2) is 6.84. The zero-order chi connectivity index (χ0) is 19.4. The topological polar surface area (TPSA) is 92.7 Å². The summed E-state index contributed by atoms with van der Waals surface area (Å²) in [5.74, 6) is 0.919. The van der Waals surface area contributed by atoms with Gasteiger partial charge in [0.15, 0.2) is 0 Å². The van der Waals surface area contributed by atoms with E-state index in [0.717, 1.165) is 61.5 Å². The van der Waals surface area contributed by atoms with E-state index in [0.29, 0.717) is 5.69 Å². The number of nitrogens with zero attached hydrogens (tertiary/aromatic N) is 4. The SMILES string of the molecule is Cc1ncc(-c2cc(-c3nccs3)nc3sc([S@+]([O-])C4CCC4)c(N)c23)n1C. The Morgan fingerprint density at radius 1 is 1.32 bits per heavy atom. The zero-order valence-corrected chi connectivity index (χ0v) is 18.0. The summed E-state index contributed by atoms with van der Waals surface area (Å²) in [5, 5.41) is 3.89. The van der Waals surface area contributed by atoms with Crippen molar-refractivity contribution in [3.63, 3.8) is 0 Å². The van der Waals surface area contributed by atoms with Gasteiger partial charge in [-0.25, -0.2) is 15.0 Å². The van der Waals surface area contributed by atoms with Gasteiger partial charge in [0.2, 0.25) is 4.21 Å². The molecule has 0 aliphatic heterocycles. The third kappa shape index (κ3) is 2.76. The van der Waals surface area contributed by atoms with Crippen LogP contribution in [0.25, 0.3) is 32.2 Å². The molecule has 5 rings (SSSR count). The minimum atomic E-state index is -1.08. The maximum absolute atomic E-state index is 13.0. The molecule has 4 heterocycles. The fraction of sp³-hybridized carbons (Fsp3) is 0.316. The van der Waals surface area contributed by atoms with Gasteiger partial charge in [0.1, 0.15) is 32.3 Å². The van der Waals surface area contributed by atoms with Crippen molar-refractivity contribution in [2.24, 2.45) is 7.05 Å². The van der Waals surface area contributed by atoms with Gasteiger partial charge >= 0.3 is 0 Å². The molecule has 0 amide bonds. The number of pyridine rings is 1. The minimum absolute atomic E-state index is 0.219. The monoisotopic (exact) mass is 429 g/mol. The van der Waals surface area contributed by atoms with E-state index >= 15 is 0 Å². The summed E-state index contributed by atoms with van der Waals surface area (Å²) in [6, 6.07) is 2.02. The lowest BCUT2D eigenvalue weighted by Crippen LogP contribution is -2.28. The number of imidazole rings is 1. The standard InChI is InChI=1S/C19H19N5OS3/c1-10-22-9-14(24(10)2)12-8-13(17-21-6-7-26-17)23-18-15(12)16(20)19(27-18)28(25)11-4-3-5-11/h6-9,11H,3-5,20H2,1-2H3/t28-/m1/s1. The molecule has 1 aliphatic carbocycles. The number of hydrogen-bond acceptors (Lipinski definition) is 7. The summed E-state index contributed by atoms with van der Waals surface area (Å²) < 4.78 is 15.8. The van der Waals surface area contributed by atoms with Crippen LogP contribution in [0.1, 0.15) is 25.1 Å². The molecular weight excluding hydrogens is 410 g/mol. The third-order valence-corrected chi connectivity index (χ3v) is 9.45. The number of thiazole rings is 1. The average molecular weight is 430 g/mol. The van der Waals surface area contributed by atoms with Crippen LogP contribution in [-0.2, 0) is 18.2 Å². The Morgan fingerprint density at radius 2 is 2.14 bits per heavy atom. The van der Waals surface area contributed by atoms with Gasteiger partial charge < -0.3 is 14.9 Å². The van der Waals surface area contributed by atoms with Crippen molar-refractivity contribution in [1.82, 2.24) is 19.5 Å². The number of aryl methyl sites for hydroxylation is 1. The van der Waals surface area contributed by atoms with Crippen molar-refractivity contribution in [3.8, 4) is 22.0 Å². The van der Waals surface area contributed by atoms with Crippen molar-refractivity contribution in [3.05, 3.63) is 29.7 Å². The lowest BCUT2D eigenvalue weighted by atomic mass is 10.0. The summed E-state index contributed by atoms with van der Waals surface area (Å²) >= 11 is 1.93. The van der Waals surface area contributed by atoms with E-state index in [9.17, 15) is 4.55 Å². The van der Waals surface area contributed by atoms with Crippen molar-refractivity contribution >= 4 is 49.8 Å². The van der Waals surface area contributed by atoms with Crippen LogP contribution in [0.2, 0.25) is 0 Å². The number of hydrogen-bond donors (Lipinski definition) is 1. The van der Waals surface area contributed by atoms with Crippen LogP contribution in [-0.4, -0.2) is 29.3 Å². The van der Waals surface area contributed by atoms with Crippen molar-refractivity contribution in [2.45, 2.75) is 35.6 Å². The molecule has 1 aliphatic rings. The van der Waals surface area contributed by atoms with E-state index in [2.05, 4.69) is 9.97 Å². The molecule has 4 aromatic rings. The second-order valence-electron chi connectivity index (χ2n) is 6.98. The molecule has 0 spiro atoms. The Balaban J connectivity index is 1.77. The largest absolute Gasteiger partial charge is 0.611 e. The van der Waals surface area contributed by atoms with Gasteiger partial charge in [0.25, 0.3) is 0 Å². The van der Waals surface area contributed by atoms with E-state index in [-0.39, 0.29) is 5.25 Å². The summed E-state index contributed by atoms with van der Waals surface area (Å²) in [7, 11) is 1.99. The highest BCUT2D eigenvalue weighted by Gasteiger charge is 2.35. The van der Waals surface area contributed by atoms with Crippen molar-refractivity contribution < 1.29 is 4.55 Å². The fourth-order valence-corrected chi connectivity index (χ4v) is 7.21. The summed E-state index contributed by atoms with van der Waals surface area (Å²) in [6.45, 7) is 1.97. The van der Waals surface area contributed by atoms with Gasteiger partial charge in [0, 0.05) is 40.8 Å². The van der Waals surface area contributed by atoms with Crippen molar-refractivity contribution in [1.29, 1.82) is 0 Å². The second-order valence-corrected chi connectivity index (χ2v) is 10.8. The van der Waals surface area contributed by atoms with Crippen LogP contribution >= 0.6 is 22.7 Å². The van der Waals surface area contributed by atoms with Crippen LogP contribution in [0.15, 0.2) is 28.0 Å². The predicted molar refractivity (Wildman–Crippen MR) is 116 cm³/mol. The Morgan fingerprint density at radius 3 is 2.75 bits per heavy atom. The Bertz CT molecular complexity index is 1160. The smallest absolute Gasteiger partial charge is 0.232 e. The van der Waals surface area contributed by atoms with E-state index in [1.54, 1.807) is 17.5 Å². The molecule has 0 saturated heterocycles. The van der Waals surface area contributed by atoms with Crippen LogP contribution in [0.5, 0.6) is 0 Å². The van der Waals surface area contributed by atoms with Gasteiger partial charge in [0.05, 0.1) is 11.9 Å². The minimum Gasteiger partial charge on any atom is -0.611 e. The highest BCUT2D eigenvalue weighted by atomic mass is 32.2. The lowest BCUT2D eigenvalue weighted by Gasteiger charge is -2.27. The van der Waals surface area contributed by atoms with E-state index < -0.39 is 11.2 Å². The first-order valence-electron chi connectivity index (χ1n) is 9.06. The fourth-order valence-electron chi connectivity index (χ4n) is 3.40. The summed E-state index contributed by atoms with van der Waals surface area (Å²) in [6.07, 6.45) is 6.79. The molecule has 1 fully saturated rings. The number of anilines is 1. The Hall–Kier alpha value is -1.94. The van der Waals surface area contributed by atoms with Crippen LogP contribution in [0.3, 0.4) is 0 Å². The van der Waals surface area contributed by atoms with Crippen LogP contribution < -0.4 is 5.73 Å². The number of nitrogens with two attached hydrogens (primary N) is 1. The first kappa shape index (κ1) is 18.1. The molecule has 0 aromatic carbocycles. The molecule has 0 radical (unpaired) electrons. The van der Waals surface area contributed by atoms with Gasteiger partial charge in [-0.3, -0.25) is 0 Å². The Labute approximate surface area is 173 Å². The summed E-state index contributed by atoms with van der Waals surface area (Å²) in [4.78, 5) is 14.5. The van der Waals surface area contributed by atoms with Gasteiger partial charge in [-0.1, -0.05) is 11.3 Å².